The first-order valence-electron chi connectivity index (χ1n) is 12.7. The Morgan fingerprint density at radius 2 is 1.88 bits per heavy atom. The van der Waals surface area contributed by atoms with E-state index in [2.05, 4.69) is 25.8 Å². The molecule has 4 rings (SSSR count). The van der Waals surface area contributed by atoms with Crippen molar-refractivity contribution in [1.29, 1.82) is 0 Å². The number of halogens is 2. The largest absolute Gasteiger partial charge is 0.349 e. The van der Waals surface area contributed by atoms with Gasteiger partial charge in [0.1, 0.15) is 5.69 Å². The smallest absolute Gasteiger partial charge is 0.313 e. The highest BCUT2D eigenvalue weighted by Crippen LogP contribution is 2.30. The Labute approximate surface area is 251 Å². The Morgan fingerprint density at radius 1 is 1.15 bits per heavy atom. The zero-order valence-electron chi connectivity index (χ0n) is 22.6. The van der Waals surface area contributed by atoms with E-state index in [9.17, 15) is 29.3 Å². The number of rotatable bonds is 6. The van der Waals surface area contributed by atoms with Crippen LogP contribution < -0.4 is 16.0 Å². The Bertz CT molecular complexity index is 1350. The van der Waals surface area contributed by atoms with Crippen LogP contribution in [0.1, 0.15) is 39.6 Å². The molecule has 0 saturated heterocycles. The number of carbonyl (C=O) groups excluding carboxylic acids is 4. The van der Waals surface area contributed by atoms with E-state index in [1.807, 2.05) is 7.05 Å². The number of likely N-dealkylation sites (N-methyl/N-ethyl adjacent to an activating group) is 1. The number of aromatic nitrogens is 1. The SMILES string of the molecule is CN1CCc2nc(C(=O)N[C@@H]3C[C@@H](C(=O)N(C)C)CC[C@@H]3NC(=O)C(=O)Nc3ccc(Cl)cc3[N+](=O)[O-])sc2C1.Cl. The minimum absolute atomic E-state index is 0. The molecule has 1 fully saturated rings. The number of fused-ring (bicyclic) bond motifs is 1. The Morgan fingerprint density at radius 3 is 2.56 bits per heavy atom. The number of thiazole rings is 1. The zero-order chi connectivity index (χ0) is 29.1. The number of hydrogen-bond donors (Lipinski definition) is 3. The number of hydrogen-bond acceptors (Lipinski definition) is 9. The molecule has 2 aromatic rings. The van der Waals surface area contributed by atoms with Gasteiger partial charge in [0.25, 0.3) is 11.6 Å². The normalized spacial score (nSPS) is 20.1. The monoisotopic (exact) mass is 627 g/mol. The van der Waals surface area contributed by atoms with Crippen molar-refractivity contribution in [3.8, 4) is 0 Å². The van der Waals surface area contributed by atoms with Gasteiger partial charge >= 0.3 is 11.8 Å². The van der Waals surface area contributed by atoms with E-state index in [0.717, 1.165) is 29.6 Å². The minimum atomic E-state index is -1.11. The zero-order valence-corrected chi connectivity index (χ0v) is 25.0. The Balaban J connectivity index is 0.00000462. The molecule has 1 aliphatic carbocycles. The third-order valence-corrected chi connectivity index (χ3v) is 8.32. The number of amides is 4. The van der Waals surface area contributed by atoms with E-state index >= 15 is 0 Å². The van der Waals surface area contributed by atoms with Crippen LogP contribution in [0.2, 0.25) is 5.02 Å². The van der Waals surface area contributed by atoms with Crippen molar-refractivity contribution in [3.63, 3.8) is 0 Å². The van der Waals surface area contributed by atoms with Crippen LogP contribution in [0.3, 0.4) is 0 Å². The second-order valence-corrected chi connectivity index (χ2v) is 11.7. The maximum absolute atomic E-state index is 13.2. The summed E-state index contributed by atoms with van der Waals surface area (Å²) in [5, 5.41) is 19.6. The molecule has 41 heavy (non-hydrogen) atoms. The lowest BCUT2D eigenvalue weighted by Crippen LogP contribution is -2.57. The molecule has 1 aromatic heterocycles. The van der Waals surface area contributed by atoms with E-state index in [-0.39, 0.29) is 41.4 Å². The van der Waals surface area contributed by atoms with Gasteiger partial charge in [0.15, 0.2) is 5.01 Å². The van der Waals surface area contributed by atoms with Crippen molar-refractivity contribution in [2.75, 3.05) is 33.0 Å². The Kier molecular flexibility index (Phi) is 10.6. The summed E-state index contributed by atoms with van der Waals surface area (Å²) in [5.41, 5.74) is 0.257. The van der Waals surface area contributed by atoms with Crippen molar-refractivity contribution in [1.82, 2.24) is 25.4 Å². The summed E-state index contributed by atoms with van der Waals surface area (Å²) in [6.45, 7) is 1.56. The molecule has 1 aromatic carbocycles. The van der Waals surface area contributed by atoms with Gasteiger partial charge in [-0.25, -0.2) is 4.98 Å². The van der Waals surface area contributed by atoms with E-state index in [1.165, 1.54) is 28.4 Å². The van der Waals surface area contributed by atoms with Gasteiger partial charge in [-0.15, -0.1) is 23.7 Å². The summed E-state index contributed by atoms with van der Waals surface area (Å²) >= 11 is 7.13. The highest BCUT2D eigenvalue weighted by Gasteiger charge is 2.38. The number of anilines is 1. The third kappa shape index (κ3) is 7.70. The maximum atomic E-state index is 13.2. The van der Waals surface area contributed by atoms with Gasteiger partial charge in [-0.1, -0.05) is 11.6 Å². The van der Waals surface area contributed by atoms with Crippen molar-refractivity contribution in [3.05, 3.63) is 48.9 Å². The summed E-state index contributed by atoms with van der Waals surface area (Å²) in [7, 11) is 5.31. The summed E-state index contributed by atoms with van der Waals surface area (Å²) in [6.07, 6.45) is 1.77. The average molecular weight is 629 g/mol. The van der Waals surface area contributed by atoms with Gasteiger partial charge in [0, 0.05) is 61.5 Å². The number of nitrogens with zero attached hydrogens (tertiary/aromatic N) is 4. The molecule has 1 saturated carbocycles. The van der Waals surface area contributed by atoms with Crippen LogP contribution in [0, 0.1) is 16.0 Å². The number of nitro benzene ring substituents is 1. The van der Waals surface area contributed by atoms with Crippen LogP contribution in [0.25, 0.3) is 0 Å². The second kappa shape index (κ2) is 13.6. The molecule has 4 amide bonds. The fraction of sp³-hybridized carbons (Fsp3) is 0.480. The molecule has 3 atom stereocenters. The Hall–Kier alpha value is -3.33. The van der Waals surface area contributed by atoms with Gasteiger partial charge in [-0.05, 0) is 38.4 Å². The topological polar surface area (TPSA) is 167 Å². The van der Waals surface area contributed by atoms with Crippen LogP contribution in [0.4, 0.5) is 11.4 Å². The fourth-order valence-corrected chi connectivity index (χ4v) is 6.17. The predicted octanol–water partition coefficient (Wildman–Crippen LogP) is 2.22. The van der Waals surface area contributed by atoms with Crippen molar-refractivity contribution in [2.45, 2.75) is 44.3 Å². The standard InChI is InChI=1S/C25H30ClN7O6S.ClH/c1-31(2)25(37)13-4-6-15(27-21(34)22(35)28-16-7-5-14(26)11-19(16)33(38)39)18(10-13)29-23(36)24-30-17-8-9-32(3)12-20(17)40-24;/h5,7,11,13,15,18H,4,6,8-10,12H2,1-3H3,(H,27,34)(H,28,35)(H,29,36);1H/t13-,15-,18+;/m0./s1. The number of nitrogens with one attached hydrogen (secondary N) is 3. The van der Waals surface area contributed by atoms with Crippen LogP contribution >= 0.6 is 35.3 Å². The van der Waals surface area contributed by atoms with Gasteiger partial charge in [-0.3, -0.25) is 29.3 Å². The quantitative estimate of drug-likeness (QED) is 0.249. The first-order valence-corrected chi connectivity index (χ1v) is 13.9. The molecule has 2 aliphatic rings. The lowest BCUT2D eigenvalue weighted by molar-refractivity contribution is -0.383. The molecule has 16 heteroatoms. The van der Waals surface area contributed by atoms with Gasteiger partial charge in [-0.2, -0.15) is 0 Å². The summed E-state index contributed by atoms with van der Waals surface area (Å²) in [5.74, 6) is -3.02. The maximum Gasteiger partial charge on any atom is 0.313 e. The second-order valence-electron chi connectivity index (χ2n) is 10.2. The minimum Gasteiger partial charge on any atom is -0.349 e. The summed E-state index contributed by atoms with van der Waals surface area (Å²) in [6, 6.07) is 2.34. The van der Waals surface area contributed by atoms with Crippen molar-refractivity contribution in [2.24, 2.45) is 5.92 Å². The molecule has 0 radical (unpaired) electrons. The lowest BCUT2D eigenvalue weighted by atomic mass is 9.81. The van der Waals surface area contributed by atoms with Crippen LogP contribution in [0.15, 0.2) is 18.2 Å². The van der Waals surface area contributed by atoms with Crippen LogP contribution in [0.5, 0.6) is 0 Å². The van der Waals surface area contributed by atoms with E-state index < -0.39 is 40.4 Å². The van der Waals surface area contributed by atoms with Gasteiger partial charge in [0.2, 0.25) is 5.91 Å². The van der Waals surface area contributed by atoms with Crippen LogP contribution in [-0.4, -0.2) is 83.1 Å². The molecule has 0 unspecified atom stereocenters. The average Bonchev–Trinajstić information content (AvgIpc) is 3.33. The van der Waals surface area contributed by atoms with Crippen molar-refractivity contribution < 1.29 is 24.1 Å². The predicted molar refractivity (Wildman–Crippen MR) is 155 cm³/mol. The first kappa shape index (κ1) is 32.2. The molecule has 3 N–H and O–H groups in total. The molecule has 222 valence electrons. The summed E-state index contributed by atoms with van der Waals surface area (Å²) < 4.78 is 0. The number of carbonyl (C=O) groups is 4. The van der Waals surface area contributed by atoms with E-state index in [0.29, 0.717) is 24.4 Å². The molecular weight excluding hydrogens is 597 g/mol. The molecule has 0 bridgehead atoms. The van der Waals surface area contributed by atoms with E-state index in [4.69, 9.17) is 11.6 Å². The number of benzene rings is 1. The summed E-state index contributed by atoms with van der Waals surface area (Å²) in [4.78, 5) is 71.2. The lowest BCUT2D eigenvalue weighted by Gasteiger charge is -2.37. The number of nitro groups is 1. The van der Waals surface area contributed by atoms with Crippen molar-refractivity contribution >= 4 is 70.3 Å². The van der Waals surface area contributed by atoms with Gasteiger partial charge < -0.3 is 25.8 Å². The molecule has 13 nitrogen and oxygen atoms in total. The van der Waals surface area contributed by atoms with Gasteiger partial charge in [0.05, 0.1) is 16.7 Å². The molecule has 1 aliphatic heterocycles. The first-order chi connectivity index (χ1) is 18.9. The molecule has 2 heterocycles. The molecule has 0 spiro atoms. The third-order valence-electron chi connectivity index (χ3n) is 7.00. The molecular formula is C25H31Cl2N7O6S. The fourth-order valence-electron chi connectivity index (χ4n) is 4.92. The van der Waals surface area contributed by atoms with Crippen LogP contribution in [-0.2, 0) is 27.3 Å². The highest BCUT2D eigenvalue weighted by molar-refractivity contribution is 7.13. The van der Waals surface area contributed by atoms with E-state index in [1.54, 1.807) is 14.1 Å². The highest BCUT2D eigenvalue weighted by atomic mass is 35.5.